The van der Waals surface area contributed by atoms with Crippen LogP contribution in [0.4, 0.5) is 14.6 Å². The first-order valence-corrected chi connectivity index (χ1v) is 10.1. The number of carbonyl (C=O) groups excluding carboxylic acids is 1. The van der Waals surface area contributed by atoms with Crippen LogP contribution in [-0.4, -0.2) is 22.1 Å². The first kappa shape index (κ1) is 21.2. The van der Waals surface area contributed by atoms with E-state index in [4.69, 9.17) is 4.74 Å². The van der Waals surface area contributed by atoms with Crippen LogP contribution in [-0.2, 0) is 11.3 Å². The van der Waals surface area contributed by atoms with Gasteiger partial charge >= 0.3 is 0 Å². The number of imidazole rings is 1. The third-order valence-corrected chi connectivity index (χ3v) is 4.82. The molecule has 0 fully saturated rings. The Morgan fingerprint density at radius 1 is 0.906 bits per heavy atom. The van der Waals surface area contributed by atoms with E-state index >= 15 is 0 Å². The Morgan fingerprint density at radius 2 is 1.56 bits per heavy atom. The lowest BCUT2D eigenvalue weighted by atomic mass is 10.1. The van der Waals surface area contributed by atoms with Crippen LogP contribution < -0.4 is 10.1 Å². The SMILES string of the molecule is O=C(CCOc1ccc(F)cc1)Nc1c(-c2ccc(F)cc2)ncn1Cc1ccccc1. The van der Waals surface area contributed by atoms with Gasteiger partial charge in [0.25, 0.3) is 0 Å². The maximum absolute atomic E-state index is 13.4. The number of rotatable bonds is 8. The van der Waals surface area contributed by atoms with Crippen molar-refractivity contribution in [1.82, 2.24) is 9.55 Å². The Morgan fingerprint density at radius 3 is 2.25 bits per heavy atom. The van der Waals surface area contributed by atoms with Crippen LogP contribution in [0.1, 0.15) is 12.0 Å². The molecule has 1 heterocycles. The second kappa shape index (κ2) is 9.87. The normalized spacial score (nSPS) is 10.7. The average Bonchev–Trinajstić information content (AvgIpc) is 3.18. The number of hydrogen-bond donors (Lipinski definition) is 1. The Bertz CT molecular complexity index is 1170. The van der Waals surface area contributed by atoms with E-state index in [1.54, 1.807) is 18.5 Å². The summed E-state index contributed by atoms with van der Waals surface area (Å²) in [7, 11) is 0. The molecule has 0 saturated heterocycles. The van der Waals surface area contributed by atoms with E-state index in [0.29, 0.717) is 29.4 Å². The van der Waals surface area contributed by atoms with Crippen molar-refractivity contribution in [2.45, 2.75) is 13.0 Å². The van der Waals surface area contributed by atoms with Crippen molar-refractivity contribution in [1.29, 1.82) is 0 Å². The number of nitrogens with zero attached hydrogens (tertiary/aromatic N) is 2. The number of halogens is 2. The van der Waals surface area contributed by atoms with E-state index in [1.807, 2.05) is 34.9 Å². The minimum atomic E-state index is -0.352. The summed E-state index contributed by atoms with van der Waals surface area (Å²) in [5.41, 5.74) is 2.29. The minimum Gasteiger partial charge on any atom is -0.493 e. The lowest BCUT2D eigenvalue weighted by Gasteiger charge is -2.12. The van der Waals surface area contributed by atoms with E-state index in [9.17, 15) is 13.6 Å². The van der Waals surface area contributed by atoms with Crippen LogP contribution in [0.25, 0.3) is 11.3 Å². The highest BCUT2D eigenvalue weighted by atomic mass is 19.1. The van der Waals surface area contributed by atoms with Gasteiger partial charge in [0.15, 0.2) is 0 Å². The summed E-state index contributed by atoms with van der Waals surface area (Å²) in [4.78, 5) is 17.1. The van der Waals surface area contributed by atoms with Gasteiger partial charge in [-0.2, -0.15) is 0 Å². The molecule has 0 atom stereocenters. The summed E-state index contributed by atoms with van der Waals surface area (Å²) in [5, 5.41) is 2.92. The van der Waals surface area contributed by atoms with Crippen molar-refractivity contribution < 1.29 is 18.3 Å². The molecule has 1 N–H and O–H groups in total. The molecule has 0 aliphatic carbocycles. The van der Waals surface area contributed by atoms with Crippen molar-refractivity contribution in [2.24, 2.45) is 0 Å². The summed E-state index contributed by atoms with van der Waals surface area (Å²) in [5.74, 6) is 0.0499. The van der Waals surface area contributed by atoms with Gasteiger partial charge in [-0.3, -0.25) is 4.79 Å². The molecule has 0 aliphatic rings. The molecule has 0 unspecified atom stereocenters. The zero-order valence-electron chi connectivity index (χ0n) is 17.2. The molecule has 0 bridgehead atoms. The quantitative estimate of drug-likeness (QED) is 0.411. The number of amides is 1. The van der Waals surface area contributed by atoms with Gasteiger partial charge in [-0.25, -0.2) is 13.8 Å². The number of benzene rings is 3. The first-order chi connectivity index (χ1) is 15.6. The molecule has 5 nitrogen and oxygen atoms in total. The summed E-state index contributed by atoms with van der Waals surface area (Å²) >= 11 is 0. The second-order valence-electron chi connectivity index (χ2n) is 7.16. The highest BCUT2D eigenvalue weighted by Crippen LogP contribution is 2.28. The van der Waals surface area contributed by atoms with E-state index in [1.165, 1.54) is 36.4 Å². The third-order valence-electron chi connectivity index (χ3n) is 4.82. The molecule has 0 radical (unpaired) electrons. The summed E-state index contributed by atoms with van der Waals surface area (Å²) < 4.78 is 33.7. The molecule has 3 aromatic carbocycles. The molecule has 0 saturated carbocycles. The van der Waals surface area contributed by atoms with Gasteiger partial charge in [-0.15, -0.1) is 0 Å². The van der Waals surface area contributed by atoms with Crippen LogP contribution in [0.15, 0.2) is 85.2 Å². The van der Waals surface area contributed by atoms with Gasteiger partial charge in [0.2, 0.25) is 5.91 Å². The molecule has 162 valence electrons. The Balaban J connectivity index is 1.50. The van der Waals surface area contributed by atoms with Gasteiger partial charge in [0.05, 0.1) is 25.9 Å². The number of carbonyl (C=O) groups is 1. The van der Waals surface area contributed by atoms with Crippen molar-refractivity contribution in [3.8, 4) is 17.0 Å². The lowest BCUT2D eigenvalue weighted by molar-refractivity contribution is -0.116. The van der Waals surface area contributed by atoms with Gasteiger partial charge < -0.3 is 14.6 Å². The van der Waals surface area contributed by atoms with Crippen LogP contribution >= 0.6 is 0 Å². The van der Waals surface area contributed by atoms with E-state index in [-0.39, 0.29) is 30.6 Å². The van der Waals surface area contributed by atoms with Crippen LogP contribution in [0.2, 0.25) is 0 Å². The molecule has 4 rings (SSSR count). The average molecular weight is 433 g/mol. The van der Waals surface area contributed by atoms with E-state index < -0.39 is 0 Å². The monoisotopic (exact) mass is 433 g/mol. The minimum absolute atomic E-state index is 0.0940. The van der Waals surface area contributed by atoms with Gasteiger partial charge in [0, 0.05) is 5.56 Å². The number of hydrogen-bond acceptors (Lipinski definition) is 3. The summed E-state index contributed by atoms with van der Waals surface area (Å²) in [6.45, 7) is 0.646. The van der Waals surface area contributed by atoms with Gasteiger partial charge in [-0.05, 0) is 54.1 Å². The number of ether oxygens (including phenoxy) is 1. The zero-order chi connectivity index (χ0) is 22.3. The Hall–Kier alpha value is -4.00. The zero-order valence-corrected chi connectivity index (χ0v) is 17.2. The standard InChI is InChI=1S/C25H21F2N3O2/c26-20-8-6-19(7-9-20)24-25(30(17-28-24)16-18-4-2-1-3-5-18)29-23(31)14-15-32-22-12-10-21(27)11-13-22/h1-13,17H,14-16H2,(H,29,31). The molecule has 1 aromatic heterocycles. The third kappa shape index (κ3) is 5.37. The molecular formula is C25H21F2N3O2. The second-order valence-corrected chi connectivity index (χ2v) is 7.16. The maximum atomic E-state index is 13.4. The van der Waals surface area contributed by atoms with Crippen molar-refractivity contribution in [2.75, 3.05) is 11.9 Å². The molecule has 7 heteroatoms. The van der Waals surface area contributed by atoms with E-state index in [2.05, 4.69) is 10.3 Å². The van der Waals surface area contributed by atoms with Crippen LogP contribution in [0.5, 0.6) is 5.75 Å². The largest absolute Gasteiger partial charge is 0.493 e. The fourth-order valence-corrected chi connectivity index (χ4v) is 3.22. The highest BCUT2D eigenvalue weighted by molar-refractivity contribution is 5.93. The molecular weight excluding hydrogens is 412 g/mol. The van der Waals surface area contributed by atoms with Crippen LogP contribution in [0, 0.1) is 11.6 Å². The first-order valence-electron chi connectivity index (χ1n) is 10.1. The van der Waals surface area contributed by atoms with Gasteiger partial charge in [0.1, 0.15) is 28.9 Å². The summed E-state index contributed by atoms with van der Waals surface area (Å²) in [6, 6.07) is 21.4. The van der Waals surface area contributed by atoms with Crippen LogP contribution in [0.3, 0.4) is 0 Å². The predicted octanol–water partition coefficient (Wildman–Crippen LogP) is 5.28. The molecule has 1 amide bonds. The highest BCUT2D eigenvalue weighted by Gasteiger charge is 2.16. The number of nitrogens with one attached hydrogen (secondary N) is 1. The molecule has 4 aromatic rings. The number of aromatic nitrogens is 2. The Labute approximate surface area is 184 Å². The van der Waals surface area contributed by atoms with E-state index in [0.717, 1.165) is 5.56 Å². The topological polar surface area (TPSA) is 56.1 Å². The smallest absolute Gasteiger partial charge is 0.228 e. The van der Waals surface area contributed by atoms with Crippen molar-refractivity contribution >= 4 is 11.7 Å². The van der Waals surface area contributed by atoms with Crippen molar-refractivity contribution in [3.63, 3.8) is 0 Å². The van der Waals surface area contributed by atoms with Crippen molar-refractivity contribution in [3.05, 3.63) is 102 Å². The predicted molar refractivity (Wildman–Crippen MR) is 118 cm³/mol. The van der Waals surface area contributed by atoms with Gasteiger partial charge in [-0.1, -0.05) is 30.3 Å². The summed E-state index contributed by atoms with van der Waals surface area (Å²) in [6.07, 6.45) is 1.74. The lowest BCUT2D eigenvalue weighted by Crippen LogP contribution is -2.18. The molecule has 32 heavy (non-hydrogen) atoms. The molecule has 0 aliphatic heterocycles. The molecule has 0 spiro atoms. The fourth-order valence-electron chi connectivity index (χ4n) is 3.22. The Kier molecular flexibility index (Phi) is 6.55. The number of anilines is 1. The maximum Gasteiger partial charge on any atom is 0.228 e. The fraction of sp³-hybridized carbons (Fsp3) is 0.120.